The number of nitrogens with one attached hydrogen (secondary N) is 1. The summed E-state index contributed by atoms with van der Waals surface area (Å²) < 4.78 is 16.9. The van der Waals surface area contributed by atoms with E-state index in [4.69, 9.17) is 14.2 Å². The van der Waals surface area contributed by atoms with Crippen LogP contribution in [0.1, 0.15) is 38.4 Å². The first-order valence-electron chi connectivity index (χ1n) is 7.72. The fourth-order valence-corrected chi connectivity index (χ4v) is 2.84. The van der Waals surface area contributed by atoms with E-state index in [2.05, 4.69) is 19.2 Å². The predicted molar refractivity (Wildman–Crippen MR) is 84.1 cm³/mol. The van der Waals surface area contributed by atoms with E-state index in [1.54, 1.807) is 14.2 Å². The number of hydrogen-bond donors (Lipinski definition) is 1. The molecular formula is C17H27NO3. The molecule has 0 aliphatic carbocycles. The van der Waals surface area contributed by atoms with E-state index in [0.717, 1.165) is 36.6 Å². The first kappa shape index (κ1) is 16.1. The second kappa shape index (κ2) is 7.66. The Labute approximate surface area is 127 Å². The van der Waals surface area contributed by atoms with Gasteiger partial charge in [-0.15, -0.1) is 0 Å². The molecule has 1 N–H and O–H groups in total. The molecule has 0 aromatic heterocycles. The highest BCUT2D eigenvalue weighted by Gasteiger charge is 2.30. The Morgan fingerprint density at radius 3 is 2.76 bits per heavy atom. The van der Waals surface area contributed by atoms with Gasteiger partial charge in [0.2, 0.25) is 0 Å². The second-order valence-corrected chi connectivity index (χ2v) is 5.86. The highest BCUT2D eigenvalue weighted by atomic mass is 16.5. The van der Waals surface area contributed by atoms with Crippen LogP contribution in [0.4, 0.5) is 0 Å². The summed E-state index contributed by atoms with van der Waals surface area (Å²) in [5, 5.41) is 3.53. The summed E-state index contributed by atoms with van der Waals surface area (Å²) in [6.45, 7) is 6.11. The minimum atomic E-state index is 0.0649. The first-order chi connectivity index (χ1) is 10.2. The van der Waals surface area contributed by atoms with E-state index in [-0.39, 0.29) is 6.10 Å². The van der Waals surface area contributed by atoms with Gasteiger partial charge in [-0.3, -0.25) is 0 Å². The molecule has 2 atom stereocenters. The topological polar surface area (TPSA) is 39.7 Å². The third kappa shape index (κ3) is 4.11. The molecule has 0 radical (unpaired) electrons. The van der Waals surface area contributed by atoms with Crippen molar-refractivity contribution in [3.05, 3.63) is 23.8 Å². The lowest BCUT2D eigenvalue weighted by Crippen LogP contribution is -2.35. The van der Waals surface area contributed by atoms with Gasteiger partial charge in [0.1, 0.15) is 11.5 Å². The average molecular weight is 293 g/mol. The van der Waals surface area contributed by atoms with Crippen LogP contribution in [-0.4, -0.2) is 33.4 Å². The molecule has 0 spiro atoms. The van der Waals surface area contributed by atoms with Crippen LogP contribution in [0.15, 0.2) is 18.2 Å². The van der Waals surface area contributed by atoms with E-state index in [1.807, 2.05) is 18.2 Å². The van der Waals surface area contributed by atoms with Crippen LogP contribution in [0.3, 0.4) is 0 Å². The fourth-order valence-electron chi connectivity index (χ4n) is 2.84. The maximum absolute atomic E-state index is 6.08. The van der Waals surface area contributed by atoms with Crippen molar-refractivity contribution in [2.75, 3.05) is 27.4 Å². The molecule has 0 saturated carbocycles. The molecule has 21 heavy (non-hydrogen) atoms. The van der Waals surface area contributed by atoms with Gasteiger partial charge in [0.15, 0.2) is 0 Å². The summed E-state index contributed by atoms with van der Waals surface area (Å²) in [5.74, 6) is 2.18. The number of methoxy groups -OCH3 is 2. The molecular weight excluding hydrogens is 266 g/mol. The molecule has 4 heteroatoms. The van der Waals surface area contributed by atoms with Gasteiger partial charge in [-0.2, -0.15) is 0 Å². The molecule has 1 heterocycles. The Balaban J connectivity index is 2.23. The van der Waals surface area contributed by atoms with Crippen molar-refractivity contribution >= 4 is 0 Å². The number of hydrogen-bond acceptors (Lipinski definition) is 4. The van der Waals surface area contributed by atoms with Gasteiger partial charge < -0.3 is 19.5 Å². The quantitative estimate of drug-likeness (QED) is 0.874. The smallest absolute Gasteiger partial charge is 0.124 e. The highest BCUT2D eigenvalue weighted by Crippen LogP contribution is 2.39. The van der Waals surface area contributed by atoms with Crippen molar-refractivity contribution in [2.24, 2.45) is 5.92 Å². The molecule has 1 aromatic carbocycles. The van der Waals surface area contributed by atoms with Crippen molar-refractivity contribution in [1.29, 1.82) is 0 Å². The van der Waals surface area contributed by atoms with Crippen molar-refractivity contribution in [2.45, 2.75) is 38.8 Å². The zero-order valence-corrected chi connectivity index (χ0v) is 13.5. The van der Waals surface area contributed by atoms with Gasteiger partial charge in [-0.05, 0) is 31.0 Å². The van der Waals surface area contributed by atoms with Crippen LogP contribution in [0.5, 0.6) is 11.5 Å². The van der Waals surface area contributed by atoms with E-state index in [0.29, 0.717) is 12.0 Å². The Hall–Kier alpha value is -1.26. The summed E-state index contributed by atoms with van der Waals surface area (Å²) in [6, 6.07) is 6.41. The van der Waals surface area contributed by atoms with Crippen LogP contribution in [0, 0.1) is 5.92 Å². The van der Waals surface area contributed by atoms with E-state index in [9.17, 15) is 0 Å². The molecule has 1 aliphatic heterocycles. The maximum Gasteiger partial charge on any atom is 0.124 e. The Kier molecular flexibility index (Phi) is 5.88. The zero-order chi connectivity index (χ0) is 15.2. The van der Waals surface area contributed by atoms with Crippen LogP contribution in [0.2, 0.25) is 0 Å². The van der Waals surface area contributed by atoms with Crippen LogP contribution < -0.4 is 14.8 Å². The lowest BCUT2D eigenvalue weighted by Gasteiger charge is -2.33. The van der Waals surface area contributed by atoms with E-state index in [1.165, 1.54) is 6.42 Å². The summed E-state index contributed by atoms with van der Waals surface area (Å²) in [7, 11) is 3.39. The molecule has 1 aromatic rings. The lowest BCUT2D eigenvalue weighted by molar-refractivity contribution is -0.0294. The van der Waals surface area contributed by atoms with Gasteiger partial charge in [0, 0.05) is 30.7 Å². The zero-order valence-electron chi connectivity index (χ0n) is 13.5. The van der Waals surface area contributed by atoms with Gasteiger partial charge in [-0.1, -0.05) is 13.8 Å². The van der Waals surface area contributed by atoms with Crippen molar-refractivity contribution in [3.8, 4) is 11.5 Å². The van der Waals surface area contributed by atoms with Gasteiger partial charge in [0.25, 0.3) is 0 Å². The summed E-state index contributed by atoms with van der Waals surface area (Å²) in [5.41, 5.74) is 1.09. The van der Waals surface area contributed by atoms with Crippen LogP contribution in [0.25, 0.3) is 0 Å². The average Bonchev–Trinajstić information content (AvgIpc) is 2.52. The SMILES string of the molecule is COc1ccc(OC)c(C2OCCCC2CNC(C)C)c1. The molecule has 4 nitrogen and oxygen atoms in total. The highest BCUT2D eigenvalue weighted by molar-refractivity contribution is 5.42. The van der Waals surface area contributed by atoms with Crippen LogP contribution >= 0.6 is 0 Å². The van der Waals surface area contributed by atoms with E-state index >= 15 is 0 Å². The molecule has 2 rings (SSSR count). The van der Waals surface area contributed by atoms with Crippen molar-refractivity contribution in [3.63, 3.8) is 0 Å². The maximum atomic E-state index is 6.08. The summed E-state index contributed by atoms with van der Waals surface area (Å²) in [6.07, 6.45) is 2.35. The molecule has 1 aliphatic rings. The number of ether oxygens (including phenoxy) is 3. The third-order valence-electron chi connectivity index (χ3n) is 3.98. The monoisotopic (exact) mass is 293 g/mol. The molecule has 0 amide bonds. The molecule has 118 valence electrons. The largest absolute Gasteiger partial charge is 0.497 e. The summed E-state index contributed by atoms with van der Waals surface area (Å²) in [4.78, 5) is 0. The second-order valence-electron chi connectivity index (χ2n) is 5.86. The van der Waals surface area contributed by atoms with Crippen LogP contribution in [-0.2, 0) is 4.74 Å². The molecule has 1 fully saturated rings. The lowest BCUT2D eigenvalue weighted by atomic mass is 9.88. The Bertz CT molecular complexity index is 448. The Morgan fingerprint density at radius 1 is 1.29 bits per heavy atom. The Morgan fingerprint density at radius 2 is 2.10 bits per heavy atom. The fraction of sp³-hybridized carbons (Fsp3) is 0.647. The summed E-state index contributed by atoms with van der Waals surface area (Å²) >= 11 is 0. The third-order valence-corrected chi connectivity index (χ3v) is 3.98. The van der Waals surface area contributed by atoms with E-state index < -0.39 is 0 Å². The number of rotatable bonds is 6. The predicted octanol–water partition coefficient (Wildman–Crippen LogP) is 3.17. The van der Waals surface area contributed by atoms with Crippen molar-refractivity contribution in [1.82, 2.24) is 5.32 Å². The standard InChI is InChI=1S/C17H27NO3/c1-12(2)18-11-13-6-5-9-21-17(13)15-10-14(19-3)7-8-16(15)20-4/h7-8,10,12-13,17-18H,5-6,9,11H2,1-4H3. The molecule has 1 saturated heterocycles. The molecule has 2 unspecified atom stereocenters. The minimum Gasteiger partial charge on any atom is -0.497 e. The minimum absolute atomic E-state index is 0.0649. The van der Waals surface area contributed by atoms with Gasteiger partial charge in [-0.25, -0.2) is 0 Å². The van der Waals surface area contributed by atoms with Crippen molar-refractivity contribution < 1.29 is 14.2 Å². The normalized spacial score (nSPS) is 22.3. The van der Waals surface area contributed by atoms with Gasteiger partial charge in [0.05, 0.1) is 20.3 Å². The van der Waals surface area contributed by atoms with Gasteiger partial charge >= 0.3 is 0 Å². The molecule has 0 bridgehead atoms. The first-order valence-corrected chi connectivity index (χ1v) is 7.72. The number of benzene rings is 1.